The van der Waals surface area contributed by atoms with E-state index in [0.717, 1.165) is 10.7 Å². The molecule has 176 valence electrons. The number of carbonyl (C=O) groups is 2. The zero-order valence-corrected chi connectivity index (χ0v) is 23.2. The Balaban J connectivity index is 2.14. The van der Waals surface area contributed by atoms with E-state index in [2.05, 4.69) is 55.6 Å². The number of carbonyl (C=O) groups excluding carboxylic acids is 2. The van der Waals surface area contributed by atoms with Gasteiger partial charge in [-0.25, -0.2) is 0 Å². The summed E-state index contributed by atoms with van der Waals surface area (Å²) in [5, 5.41) is 3.26. The molecule has 0 aliphatic rings. The molecule has 0 saturated heterocycles. The Morgan fingerprint density at radius 2 is 1.21 bits per heavy atom. The Morgan fingerprint density at radius 1 is 0.794 bits per heavy atom. The van der Waals surface area contributed by atoms with Crippen LogP contribution < -0.4 is 16.1 Å². The van der Waals surface area contributed by atoms with E-state index in [9.17, 15) is 9.59 Å². The van der Waals surface area contributed by atoms with Gasteiger partial charge in [-0.15, -0.1) is 0 Å². The normalized spacial score (nSPS) is 12.8. The first-order valence-electron chi connectivity index (χ1n) is 11.7. The fourth-order valence-corrected chi connectivity index (χ4v) is 15.0. The van der Waals surface area contributed by atoms with Gasteiger partial charge in [-0.05, 0) is 0 Å². The summed E-state index contributed by atoms with van der Waals surface area (Å²) < 4.78 is 9.98. The molecule has 0 aliphatic carbocycles. The molecular weight excluding hydrogens is 529 g/mol. The van der Waals surface area contributed by atoms with Crippen molar-refractivity contribution in [1.82, 2.24) is 5.32 Å². The van der Waals surface area contributed by atoms with E-state index in [1.165, 1.54) is 13.0 Å². The minimum absolute atomic E-state index is 0.0620. The summed E-state index contributed by atoms with van der Waals surface area (Å²) in [6.45, 7) is 7.47. The zero-order valence-electron chi connectivity index (χ0n) is 20.3. The monoisotopic (exact) mass is 563 g/mol. The molecular formula is C29H33NO3Sn. The summed E-state index contributed by atoms with van der Waals surface area (Å²) in [4.78, 5) is 25.5. The number of nitrogens with one attached hydrogen (secondary N) is 1. The maximum absolute atomic E-state index is 13.9. The fourth-order valence-electron chi connectivity index (χ4n) is 4.22. The van der Waals surface area contributed by atoms with Gasteiger partial charge in [-0.3, -0.25) is 0 Å². The number of hydrogen-bond acceptors (Lipinski definition) is 4. The van der Waals surface area contributed by atoms with Crippen LogP contribution in [-0.2, 0) is 12.7 Å². The van der Waals surface area contributed by atoms with Crippen LogP contribution in [0.1, 0.15) is 34.1 Å². The van der Waals surface area contributed by atoms with Gasteiger partial charge in [0.15, 0.2) is 0 Å². The molecule has 0 aromatic heterocycles. The minimum atomic E-state index is -4.20. The molecule has 34 heavy (non-hydrogen) atoms. The van der Waals surface area contributed by atoms with Crippen LogP contribution >= 0.6 is 0 Å². The van der Waals surface area contributed by atoms with Gasteiger partial charge in [-0.1, -0.05) is 0 Å². The second-order valence-corrected chi connectivity index (χ2v) is 18.4. The first-order chi connectivity index (χ1) is 16.3. The molecule has 0 saturated carbocycles. The molecule has 3 aromatic carbocycles. The van der Waals surface area contributed by atoms with Crippen LogP contribution in [-0.4, -0.2) is 36.6 Å². The van der Waals surface area contributed by atoms with E-state index in [-0.39, 0.29) is 17.7 Å². The van der Waals surface area contributed by atoms with Crippen LogP contribution in [0.15, 0.2) is 103 Å². The third kappa shape index (κ3) is 6.38. The van der Waals surface area contributed by atoms with Gasteiger partial charge in [0.25, 0.3) is 0 Å². The first kappa shape index (κ1) is 25.8. The van der Waals surface area contributed by atoms with Crippen molar-refractivity contribution in [2.24, 2.45) is 5.92 Å². The predicted molar refractivity (Wildman–Crippen MR) is 141 cm³/mol. The molecule has 0 aliphatic heterocycles. The van der Waals surface area contributed by atoms with E-state index < -0.39 is 24.8 Å². The van der Waals surface area contributed by atoms with Crippen molar-refractivity contribution in [2.45, 2.75) is 40.2 Å². The molecule has 1 unspecified atom stereocenters. The van der Waals surface area contributed by atoms with E-state index in [0.29, 0.717) is 12.1 Å². The van der Waals surface area contributed by atoms with E-state index in [1.807, 2.05) is 61.5 Å². The van der Waals surface area contributed by atoms with Crippen molar-refractivity contribution in [2.75, 3.05) is 0 Å². The summed E-state index contributed by atoms with van der Waals surface area (Å²) in [5.74, 6) is -0.0737. The quantitative estimate of drug-likeness (QED) is 0.303. The second kappa shape index (κ2) is 12.0. The Hall–Kier alpha value is -2.86. The van der Waals surface area contributed by atoms with Crippen molar-refractivity contribution in [1.29, 1.82) is 0 Å². The molecule has 0 bridgehead atoms. The van der Waals surface area contributed by atoms with Crippen LogP contribution in [0.5, 0.6) is 0 Å². The van der Waals surface area contributed by atoms with E-state index in [1.54, 1.807) is 0 Å². The summed E-state index contributed by atoms with van der Waals surface area (Å²) in [7, 11) is 0. The summed E-state index contributed by atoms with van der Waals surface area (Å²) in [6.07, 6.45) is 2.12. The molecule has 0 amide bonds. The van der Waals surface area contributed by atoms with Crippen LogP contribution in [0.2, 0.25) is 0 Å². The van der Waals surface area contributed by atoms with Crippen molar-refractivity contribution >= 4 is 41.3 Å². The number of allylic oxidation sites excluding steroid dienone is 2. The number of rotatable bonds is 10. The topological polar surface area (TPSA) is 55.4 Å². The summed E-state index contributed by atoms with van der Waals surface area (Å²) in [6, 6.07) is 29.9. The SMILES string of the molecule is CC(=O)/C=C(/C)NC(CC(C)C)C(=O)[O][Sn]([c]1ccccc1)([c]1ccccc1)[c]1ccccc1. The van der Waals surface area contributed by atoms with Crippen LogP contribution in [0, 0.1) is 5.92 Å². The van der Waals surface area contributed by atoms with Gasteiger partial charge >= 0.3 is 208 Å². The van der Waals surface area contributed by atoms with Gasteiger partial charge in [0.1, 0.15) is 0 Å². The third-order valence-corrected chi connectivity index (χ3v) is 16.9. The Bertz CT molecular complexity index is 1020. The zero-order chi connectivity index (χ0) is 24.6. The summed E-state index contributed by atoms with van der Waals surface area (Å²) >= 11 is -4.20. The first-order valence-corrected chi connectivity index (χ1v) is 17.1. The number of benzene rings is 3. The van der Waals surface area contributed by atoms with Crippen LogP contribution in [0.4, 0.5) is 0 Å². The predicted octanol–water partition coefficient (Wildman–Crippen LogP) is 3.69. The van der Waals surface area contributed by atoms with Gasteiger partial charge in [-0.2, -0.15) is 0 Å². The average molecular weight is 562 g/mol. The Labute approximate surface area is 207 Å². The second-order valence-electron chi connectivity index (χ2n) is 8.96. The summed E-state index contributed by atoms with van der Waals surface area (Å²) in [5.41, 5.74) is 0.662. The average Bonchev–Trinajstić information content (AvgIpc) is 2.83. The van der Waals surface area contributed by atoms with Gasteiger partial charge in [0, 0.05) is 0 Å². The van der Waals surface area contributed by atoms with E-state index >= 15 is 0 Å². The molecule has 0 fully saturated rings. The molecule has 0 spiro atoms. The van der Waals surface area contributed by atoms with Crippen LogP contribution in [0.25, 0.3) is 0 Å². The van der Waals surface area contributed by atoms with Gasteiger partial charge in [0.2, 0.25) is 0 Å². The standard InChI is InChI=1S/C11H19NO3.3C6H5.Sn/c1-7(2)5-10(11(14)15)12-8(3)6-9(4)13;3*1-2-4-6-5-3-1;/h6-7,10,12H,5H2,1-4H3,(H,14,15);3*1-5H;/q;;;;+1/p-1/b8-6-;;;;. The molecule has 0 heterocycles. The Kier molecular flexibility index (Phi) is 9.11. The number of ketones is 1. The van der Waals surface area contributed by atoms with Gasteiger partial charge in [0.05, 0.1) is 0 Å². The molecule has 1 N–H and O–H groups in total. The van der Waals surface area contributed by atoms with Crippen molar-refractivity contribution in [3.05, 3.63) is 103 Å². The fraction of sp³-hybridized carbons (Fsp3) is 0.241. The third-order valence-electron chi connectivity index (χ3n) is 5.61. The number of hydrogen-bond donors (Lipinski definition) is 1. The Morgan fingerprint density at radius 3 is 1.56 bits per heavy atom. The van der Waals surface area contributed by atoms with E-state index in [4.69, 9.17) is 3.07 Å². The molecule has 1 atom stereocenters. The molecule has 5 heteroatoms. The maximum atomic E-state index is 13.9. The van der Waals surface area contributed by atoms with Crippen molar-refractivity contribution in [3.63, 3.8) is 0 Å². The molecule has 3 rings (SSSR count). The molecule has 0 radical (unpaired) electrons. The van der Waals surface area contributed by atoms with Gasteiger partial charge < -0.3 is 0 Å². The molecule has 3 aromatic rings. The van der Waals surface area contributed by atoms with Crippen molar-refractivity contribution in [3.8, 4) is 0 Å². The van der Waals surface area contributed by atoms with Crippen LogP contribution in [0.3, 0.4) is 0 Å². The van der Waals surface area contributed by atoms with Crippen molar-refractivity contribution < 1.29 is 12.7 Å². The molecule has 4 nitrogen and oxygen atoms in total.